The van der Waals surface area contributed by atoms with E-state index in [2.05, 4.69) is 9.71 Å². The first-order chi connectivity index (χ1) is 6.87. The minimum atomic E-state index is -3.13. The molecule has 4 nitrogen and oxygen atoms in total. The summed E-state index contributed by atoms with van der Waals surface area (Å²) in [6, 6.07) is 5.60. The Kier molecular flexibility index (Phi) is 3.82. The lowest BCUT2D eigenvalue weighted by Gasteiger charge is -2.11. The molecule has 0 unspecified atom stereocenters. The standard InChI is InChI=1S/C10H16N2O2S/c1-8-5-4-6-10(11-8)7-9(2)12-15(3,13)14/h4-6,9,12H,7H2,1-3H3/t9-/m0/s1. The van der Waals surface area contributed by atoms with E-state index in [1.165, 1.54) is 0 Å². The maximum atomic E-state index is 11.0. The predicted molar refractivity (Wildman–Crippen MR) is 60.1 cm³/mol. The number of nitrogens with one attached hydrogen (secondary N) is 1. The van der Waals surface area contributed by atoms with Crippen LogP contribution in [0.15, 0.2) is 18.2 Å². The average Bonchev–Trinajstić information content (AvgIpc) is 1.99. The fraction of sp³-hybridized carbons (Fsp3) is 0.500. The Morgan fingerprint density at radius 3 is 2.67 bits per heavy atom. The Balaban J connectivity index is 2.63. The summed E-state index contributed by atoms with van der Waals surface area (Å²) in [5.74, 6) is 0. The highest BCUT2D eigenvalue weighted by Gasteiger charge is 2.09. The lowest BCUT2D eigenvalue weighted by molar-refractivity contribution is 0.564. The van der Waals surface area contributed by atoms with Crippen molar-refractivity contribution in [1.82, 2.24) is 9.71 Å². The number of pyridine rings is 1. The van der Waals surface area contributed by atoms with Crippen LogP contribution in [0.4, 0.5) is 0 Å². The molecule has 1 aromatic heterocycles. The van der Waals surface area contributed by atoms with Crippen molar-refractivity contribution in [1.29, 1.82) is 0 Å². The second-order valence-corrected chi connectivity index (χ2v) is 5.55. The molecule has 0 aliphatic rings. The zero-order valence-electron chi connectivity index (χ0n) is 9.19. The van der Waals surface area contributed by atoms with E-state index in [1.807, 2.05) is 32.0 Å². The van der Waals surface area contributed by atoms with Crippen LogP contribution >= 0.6 is 0 Å². The maximum absolute atomic E-state index is 11.0. The molecule has 0 aliphatic carbocycles. The second-order valence-electron chi connectivity index (χ2n) is 3.77. The molecule has 0 fully saturated rings. The molecule has 0 spiro atoms. The summed E-state index contributed by atoms with van der Waals surface area (Å²) >= 11 is 0. The van der Waals surface area contributed by atoms with Crippen molar-refractivity contribution in [3.63, 3.8) is 0 Å². The number of aryl methyl sites for hydroxylation is 1. The fourth-order valence-electron chi connectivity index (χ4n) is 1.43. The average molecular weight is 228 g/mol. The minimum absolute atomic E-state index is 0.130. The lowest BCUT2D eigenvalue weighted by Crippen LogP contribution is -2.33. The molecule has 0 bridgehead atoms. The molecule has 0 saturated heterocycles. The number of hydrogen-bond donors (Lipinski definition) is 1. The van der Waals surface area contributed by atoms with Crippen molar-refractivity contribution in [3.8, 4) is 0 Å². The van der Waals surface area contributed by atoms with E-state index < -0.39 is 10.0 Å². The van der Waals surface area contributed by atoms with Crippen molar-refractivity contribution in [2.24, 2.45) is 0 Å². The highest BCUT2D eigenvalue weighted by atomic mass is 32.2. The van der Waals surface area contributed by atoms with Crippen LogP contribution in [0.2, 0.25) is 0 Å². The molecular weight excluding hydrogens is 212 g/mol. The van der Waals surface area contributed by atoms with Gasteiger partial charge in [0.2, 0.25) is 10.0 Å². The van der Waals surface area contributed by atoms with Crippen LogP contribution in [0.25, 0.3) is 0 Å². The van der Waals surface area contributed by atoms with Gasteiger partial charge in [-0.1, -0.05) is 6.07 Å². The molecule has 5 heteroatoms. The van der Waals surface area contributed by atoms with Gasteiger partial charge in [0.25, 0.3) is 0 Å². The van der Waals surface area contributed by atoms with Gasteiger partial charge in [-0.05, 0) is 26.0 Å². The van der Waals surface area contributed by atoms with Crippen LogP contribution < -0.4 is 4.72 Å². The van der Waals surface area contributed by atoms with Gasteiger partial charge in [-0.15, -0.1) is 0 Å². The molecule has 1 atom stereocenters. The van der Waals surface area contributed by atoms with Gasteiger partial charge >= 0.3 is 0 Å². The third kappa shape index (κ3) is 4.90. The Morgan fingerprint density at radius 2 is 2.13 bits per heavy atom. The molecule has 0 radical (unpaired) electrons. The van der Waals surface area contributed by atoms with E-state index in [-0.39, 0.29) is 6.04 Å². The molecule has 0 amide bonds. The van der Waals surface area contributed by atoms with E-state index in [0.717, 1.165) is 17.6 Å². The second kappa shape index (κ2) is 4.72. The maximum Gasteiger partial charge on any atom is 0.208 e. The zero-order chi connectivity index (χ0) is 11.5. The topological polar surface area (TPSA) is 59.1 Å². The van der Waals surface area contributed by atoms with E-state index in [4.69, 9.17) is 0 Å². The van der Waals surface area contributed by atoms with Gasteiger partial charge in [0.1, 0.15) is 0 Å². The van der Waals surface area contributed by atoms with E-state index >= 15 is 0 Å². The van der Waals surface area contributed by atoms with Gasteiger partial charge in [0.05, 0.1) is 6.26 Å². The molecular formula is C10H16N2O2S. The molecule has 1 aromatic rings. The summed E-state index contributed by atoms with van der Waals surface area (Å²) in [6.45, 7) is 3.74. The minimum Gasteiger partial charge on any atom is -0.258 e. The Labute approximate surface area is 90.8 Å². The van der Waals surface area contributed by atoms with Gasteiger partial charge in [0, 0.05) is 23.9 Å². The van der Waals surface area contributed by atoms with Gasteiger partial charge in [-0.2, -0.15) is 0 Å². The number of sulfonamides is 1. The van der Waals surface area contributed by atoms with E-state index in [9.17, 15) is 8.42 Å². The van der Waals surface area contributed by atoms with Crippen LogP contribution in [0.1, 0.15) is 18.3 Å². The van der Waals surface area contributed by atoms with Crippen molar-refractivity contribution in [2.75, 3.05) is 6.26 Å². The normalized spacial score (nSPS) is 13.8. The van der Waals surface area contributed by atoms with Crippen LogP contribution in [-0.2, 0) is 16.4 Å². The fourth-order valence-corrected chi connectivity index (χ4v) is 2.25. The monoisotopic (exact) mass is 228 g/mol. The molecule has 0 aromatic carbocycles. The summed E-state index contributed by atoms with van der Waals surface area (Å²) in [4.78, 5) is 4.31. The van der Waals surface area contributed by atoms with Gasteiger partial charge in [0.15, 0.2) is 0 Å². The molecule has 0 saturated carbocycles. The lowest BCUT2D eigenvalue weighted by atomic mass is 10.2. The third-order valence-corrected chi connectivity index (χ3v) is 2.71. The molecule has 15 heavy (non-hydrogen) atoms. The molecule has 1 heterocycles. The Hall–Kier alpha value is -0.940. The molecule has 0 aliphatic heterocycles. The summed E-state index contributed by atoms with van der Waals surface area (Å²) in [5, 5.41) is 0. The highest BCUT2D eigenvalue weighted by molar-refractivity contribution is 7.88. The van der Waals surface area contributed by atoms with Crippen molar-refractivity contribution < 1.29 is 8.42 Å². The van der Waals surface area contributed by atoms with E-state index in [0.29, 0.717) is 6.42 Å². The quantitative estimate of drug-likeness (QED) is 0.832. The summed E-state index contributed by atoms with van der Waals surface area (Å²) < 4.78 is 24.5. The highest BCUT2D eigenvalue weighted by Crippen LogP contribution is 2.02. The first kappa shape index (κ1) is 12.1. The Morgan fingerprint density at radius 1 is 1.47 bits per heavy atom. The van der Waals surface area contributed by atoms with Gasteiger partial charge in [-0.25, -0.2) is 13.1 Å². The van der Waals surface area contributed by atoms with Crippen molar-refractivity contribution >= 4 is 10.0 Å². The molecule has 84 valence electrons. The zero-order valence-corrected chi connectivity index (χ0v) is 10.0. The summed E-state index contributed by atoms with van der Waals surface area (Å²) in [7, 11) is -3.13. The van der Waals surface area contributed by atoms with Crippen molar-refractivity contribution in [3.05, 3.63) is 29.6 Å². The predicted octanol–water partition coefficient (Wildman–Crippen LogP) is 0.870. The summed E-state index contributed by atoms with van der Waals surface area (Å²) in [6.07, 6.45) is 1.77. The molecule has 1 rings (SSSR count). The first-order valence-electron chi connectivity index (χ1n) is 4.76. The number of nitrogens with zero attached hydrogens (tertiary/aromatic N) is 1. The van der Waals surface area contributed by atoms with Gasteiger partial charge in [-0.3, -0.25) is 4.98 Å². The molecule has 1 N–H and O–H groups in total. The van der Waals surface area contributed by atoms with Crippen LogP contribution in [0.5, 0.6) is 0 Å². The smallest absolute Gasteiger partial charge is 0.208 e. The largest absolute Gasteiger partial charge is 0.258 e. The third-order valence-electron chi connectivity index (χ3n) is 1.88. The van der Waals surface area contributed by atoms with Crippen LogP contribution in [-0.4, -0.2) is 25.7 Å². The SMILES string of the molecule is Cc1cccc(C[C@H](C)NS(C)(=O)=O)n1. The summed E-state index contributed by atoms with van der Waals surface area (Å²) in [5.41, 5.74) is 1.85. The van der Waals surface area contributed by atoms with Crippen LogP contribution in [0.3, 0.4) is 0 Å². The number of hydrogen-bond acceptors (Lipinski definition) is 3. The Bertz CT molecular complexity index is 429. The van der Waals surface area contributed by atoms with Gasteiger partial charge < -0.3 is 0 Å². The van der Waals surface area contributed by atoms with Crippen molar-refractivity contribution in [2.45, 2.75) is 26.3 Å². The van der Waals surface area contributed by atoms with Crippen LogP contribution in [0, 0.1) is 6.92 Å². The number of aromatic nitrogens is 1. The first-order valence-corrected chi connectivity index (χ1v) is 6.66. The number of rotatable bonds is 4. The van der Waals surface area contributed by atoms with E-state index in [1.54, 1.807) is 0 Å².